The molecule has 0 amide bonds. The number of methoxy groups -OCH3 is 1. The first-order valence-corrected chi connectivity index (χ1v) is 8.90. The molecule has 2 saturated heterocycles. The van der Waals surface area contributed by atoms with Crippen molar-refractivity contribution in [2.45, 2.75) is 4.90 Å². The number of sulfonamides is 1. The highest BCUT2D eigenvalue weighted by Gasteiger charge is 2.42. The fourth-order valence-electron chi connectivity index (χ4n) is 3.02. The second kappa shape index (κ2) is 6.60. The lowest BCUT2D eigenvalue weighted by molar-refractivity contribution is 0.393. The van der Waals surface area contributed by atoms with Crippen LogP contribution in [0.5, 0.6) is 5.75 Å². The van der Waals surface area contributed by atoms with Gasteiger partial charge in [-0.1, -0.05) is 0 Å². The molecule has 0 spiro atoms. The Morgan fingerprint density at radius 2 is 1.91 bits per heavy atom. The van der Waals surface area contributed by atoms with Gasteiger partial charge in [-0.05, 0) is 53.0 Å². The summed E-state index contributed by atoms with van der Waals surface area (Å²) >= 11 is 3.04. The zero-order valence-electron chi connectivity index (χ0n) is 11.9. The van der Waals surface area contributed by atoms with Crippen molar-refractivity contribution in [1.82, 2.24) is 9.62 Å². The van der Waals surface area contributed by atoms with Crippen LogP contribution in [0, 0.1) is 17.7 Å². The van der Waals surface area contributed by atoms with Crippen LogP contribution in [0.15, 0.2) is 21.5 Å². The Morgan fingerprint density at radius 1 is 1.32 bits per heavy atom. The molecule has 22 heavy (non-hydrogen) atoms. The van der Waals surface area contributed by atoms with Crippen LogP contribution < -0.4 is 10.1 Å². The molecular formula is C13H17BrClFN2O3S. The molecule has 0 aromatic heterocycles. The van der Waals surface area contributed by atoms with Crippen molar-refractivity contribution in [3.05, 3.63) is 22.4 Å². The van der Waals surface area contributed by atoms with Gasteiger partial charge in [0.25, 0.3) is 0 Å². The smallest absolute Gasteiger partial charge is 0.246 e. The third-order valence-electron chi connectivity index (χ3n) is 4.18. The van der Waals surface area contributed by atoms with Crippen molar-refractivity contribution in [3.8, 4) is 5.75 Å². The van der Waals surface area contributed by atoms with Crippen LogP contribution in [0.25, 0.3) is 0 Å². The lowest BCUT2D eigenvalue weighted by Crippen LogP contribution is -2.32. The third kappa shape index (κ3) is 2.99. The number of nitrogens with zero attached hydrogens (tertiary/aromatic N) is 1. The quantitative estimate of drug-likeness (QED) is 0.819. The van der Waals surface area contributed by atoms with Gasteiger partial charge in [-0.2, -0.15) is 4.31 Å². The molecule has 2 fully saturated rings. The van der Waals surface area contributed by atoms with Gasteiger partial charge in [0.05, 0.1) is 11.6 Å². The first-order chi connectivity index (χ1) is 9.93. The maximum absolute atomic E-state index is 13.7. The number of ether oxygens (including phenoxy) is 1. The van der Waals surface area contributed by atoms with Crippen molar-refractivity contribution in [2.24, 2.45) is 11.8 Å². The Kier molecular flexibility index (Phi) is 5.38. The van der Waals surface area contributed by atoms with E-state index in [9.17, 15) is 12.8 Å². The minimum Gasteiger partial charge on any atom is -0.495 e. The molecule has 2 aliphatic rings. The van der Waals surface area contributed by atoms with Crippen LogP contribution in [0.1, 0.15) is 0 Å². The standard InChI is InChI=1S/C13H16BrFN2O3S.ClH/c1-20-12-2-10(14)11(15)3-13(12)21(18,19)17-6-8-4-16-5-9(8)7-17;/h2-3,8-9,16H,4-7H2,1H3;1H/t8-,9+;. The Labute approximate surface area is 143 Å². The zero-order chi connectivity index (χ0) is 15.2. The van der Waals surface area contributed by atoms with E-state index in [2.05, 4.69) is 21.2 Å². The molecule has 2 heterocycles. The summed E-state index contributed by atoms with van der Waals surface area (Å²) in [7, 11) is -2.37. The monoisotopic (exact) mass is 414 g/mol. The number of hydrogen-bond acceptors (Lipinski definition) is 4. The van der Waals surface area contributed by atoms with Crippen LogP contribution in [0.2, 0.25) is 0 Å². The predicted molar refractivity (Wildman–Crippen MR) is 86.5 cm³/mol. The zero-order valence-corrected chi connectivity index (χ0v) is 15.1. The maximum Gasteiger partial charge on any atom is 0.246 e. The molecule has 0 saturated carbocycles. The predicted octanol–water partition coefficient (Wildman–Crippen LogP) is 1.86. The largest absolute Gasteiger partial charge is 0.495 e. The van der Waals surface area contributed by atoms with E-state index in [1.807, 2.05) is 0 Å². The molecule has 2 atom stereocenters. The number of fused-ring (bicyclic) bond motifs is 1. The van der Waals surface area contributed by atoms with Gasteiger partial charge in [0.1, 0.15) is 16.5 Å². The van der Waals surface area contributed by atoms with Crippen LogP contribution in [-0.4, -0.2) is 46.0 Å². The van der Waals surface area contributed by atoms with E-state index >= 15 is 0 Å². The Balaban J connectivity index is 0.00000176. The van der Waals surface area contributed by atoms with Crippen molar-refractivity contribution in [1.29, 1.82) is 0 Å². The van der Waals surface area contributed by atoms with E-state index in [4.69, 9.17) is 4.74 Å². The lowest BCUT2D eigenvalue weighted by atomic mass is 10.0. The van der Waals surface area contributed by atoms with Gasteiger partial charge in [-0.25, -0.2) is 12.8 Å². The van der Waals surface area contributed by atoms with Gasteiger partial charge < -0.3 is 10.1 Å². The van der Waals surface area contributed by atoms with Crippen LogP contribution in [0.4, 0.5) is 4.39 Å². The van der Waals surface area contributed by atoms with Crippen LogP contribution >= 0.6 is 28.3 Å². The summed E-state index contributed by atoms with van der Waals surface area (Å²) in [5.74, 6) is 0.214. The first kappa shape index (κ1) is 17.9. The average molecular weight is 416 g/mol. The Hall–Kier alpha value is -0.410. The SMILES string of the molecule is COc1cc(Br)c(F)cc1S(=O)(=O)N1C[C@H]2CNC[C@H]2C1.Cl. The number of benzene rings is 1. The van der Waals surface area contributed by atoms with Gasteiger partial charge in [-0.3, -0.25) is 0 Å². The minimum atomic E-state index is -3.74. The van der Waals surface area contributed by atoms with E-state index in [0.717, 1.165) is 19.2 Å². The fourth-order valence-corrected chi connectivity index (χ4v) is 5.04. The van der Waals surface area contributed by atoms with E-state index in [1.165, 1.54) is 17.5 Å². The summed E-state index contributed by atoms with van der Waals surface area (Å²) in [5, 5.41) is 3.26. The molecule has 9 heteroatoms. The summed E-state index contributed by atoms with van der Waals surface area (Å²) in [6.07, 6.45) is 0. The molecule has 2 aliphatic heterocycles. The van der Waals surface area contributed by atoms with Gasteiger partial charge in [0.2, 0.25) is 10.0 Å². The van der Waals surface area contributed by atoms with Gasteiger partial charge in [-0.15, -0.1) is 12.4 Å². The lowest BCUT2D eigenvalue weighted by Gasteiger charge is -2.19. The van der Waals surface area contributed by atoms with Crippen molar-refractivity contribution in [3.63, 3.8) is 0 Å². The summed E-state index contributed by atoms with van der Waals surface area (Å²) in [5.41, 5.74) is 0. The topological polar surface area (TPSA) is 58.6 Å². The van der Waals surface area contributed by atoms with E-state index < -0.39 is 15.8 Å². The summed E-state index contributed by atoms with van der Waals surface area (Å²) in [6.45, 7) is 2.62. The molecule has 0 radical (unpaired) electrons. The van der Waals surface area contributed by atoms with E-state index in [1.54, 1.807) is 0 Å². The Morgan fingerprint density at radius 3 is 2.45 bits per heavy atom. The number of hydrogen-bond donors (Lipinski definition) is 1. The van der Waals surface area contributed by atoms with Crippen molar-refractivity contribution in [2.75, 3.05) is 33.3 Å². The molecule has 3 rings (SSSR count). The molecule has 5 nitrogen and oxygen atoms in total. The van der Waals surface area contributed by atoms with Crippen molar-refractivity contribution >= 4 is 38.4 Å². The fraction of sp³-hybridized carbons (Fsp3) is 0.538. The van der Waals surface area contributed by atoms with Gasteiger partial charge in [0, 0.05) is 13.1 Å². The molecular weight excluding hydrogens is 399 g/mol. The summed E-state index contributed by atoms with van der Waals surface area (Å²) < 4.78 is 46.0. The molecule has 0 aliphatic carbocycles. The molecule has 0 bridgehead atoms. The normalized spacial score (nSPS) is 24.9. The first-order valence-electron chi connectivity index (χ1n) is 6.67. The van der Waals surface area contributed by atoms with Gasteiger partial charge in [0.15, 0.2) is 0 Å². The second-order valence-electron chi connectivity index (χ2n) is 5.42. The third-order valence-corrected chi connectivity index (χ3v) is 6.64. The number of halogens is 3. The molecule has 1 aromatic carbocycles. The summed E-state index contributed by atoms with van der Waals surface area (Å²) in [4.78, 5) is -0.112. The molecule has 0 unspecified atom stereocenters. The highest BCUT2D eigenvalue weighted by molar-refractivity contribution is 9.10. The Bertz CT molecular complexity index is 661. The van der Waals surface area contributed by atoms with Gasteiger partial charge >= 0.3 is 0 Å². The van der Waals surface area contributed by atoms with Crippen LogP contribution in [0.3, 0.4) is 0 Å². The number of rotatable bonds is 3. The van der Waals surface area contributed by atoms with Crippen LogP contribution in [-0.2, 0) is 10.0 Å². The second-order valence-corrected chi connectivity index (χ2v) is 8.18. The highest BCUT2D eigenvalue weighted by Crippen LogP contribution is 2.36. The molecule has 1 aromatic rings. The van der Waals surface area contributed by atoms with E-state index in [-0.39, 0.29) is 27.5 Å². The maximum atomic E-state index is 13.7. The number of nitrogens with one attached hydrogen (secondary N) is 1. The van der Waals surface area contributed by atoms with Crippen molar-refractivity contribution < 1.29 is 17.5 Å². The molecule has 1 N–H and O–H groups in total. The highest BCUT2D eigenvalue weighted by atomic mass is 79.9. The summed E-state index contributed by atoms with van der Waals surface area (Å²) in [6, 6.07) is 2.37. The van der Waals surface area contributed by atoms with E-state index in [0.29, 0.717) is 24.9 Å². The minimum absolute atomic E-state index is 0. The molecule has 124 valence electrons. The average Bonchev–Trinajstić information content (AvgIpc) is 3.02.